The molecule has 0 aliphatic carbocycles. The van der Waals surface area contributed by atoms with Crippen LogP contribution in [0.5, 0.6) is 5.75 Å². The number of primary amides is 1. The number of hydrogen-bond acceptors (Lipinski definition) is 3. The zero-order valence-electron chi connectivity index (χ0n) is 20.3. The van der Waals surface area contributed by atoms with Gasteiger partial charge in [-0.15, -0.1) is 0 Å². The fraction of sp³-hybridized carbons (Fsp3) is 0.161. The van der Waals surface area contributed by atoms with Gasteiger partial charge in [0.1, 0.15) is 11.8 Å². The van der Waals surface area contributed by atoms with Gasteiger partial charge in [-0.25, -0.2) is 0 Å². The summed E-state index contributed by atoms with van der Waals surface area (Å²) in [5.74, 6) is -0.227. The summed E-state index contributed by atoms with van der Waals surface area (Å²) in [5, 5.41) is 2.91. The summed E-state index contributed by atoms with van der Waals surface area (Å²) < 4.78 is 5.42. The highest BCUT2D eigenvalue weighted by Crippen LogP contribution is 2.42. The Bertz CT molecular complexity index is 1190. The summed E-state index contributed by atoms with van der Waals surface area (Å²) in [6, 6.07) is 36.5. The fourth-order valence-corrected chi connectivity index (χ4v) is 4.77. The molecule has 5 nitrogen and oxygen atoms in total. The summed E-state index contributed by atoms with van der Waals surface area (Å²) in [7, 11) is 1.57. The molecule has 0 aromatic heterocycles. The number of rotatable bonds is 10. The average molecular weight is 479 g/mol. The Labute approximate surface area is 211 Å². The van der Waals surface area contributed by atoms with Crippen LogP contribution >= 0.6 is 0 Å². The first-order chi connectivity index (χ1) is 17.5. The first-order valence-electron chi connectivity index (χ1n) is 11.9. The lowest BCUT2D eigenvalue weighted by Crippen LogP contribution is -2.48. The molecule has 0 saturated heterocycles. The highest BCUT2D eigenvalue weighted by atomic mass is 16.5. The second-order valence-electron chi connectivity index (χ2n) is 8.72. The van der Waals surface area contributed by atoms with Gasteiger partial charge in [0.2, 0.25) is 11.8 Å². The Hall–Kier alpha value is -4.38. The van der Waals surface area contributed by atoms with Gasteiger partial charge in [-0.1, -0.05) is 109 Å². The molecule has 3 N–H and O–H groups in total. The molecule has 0 aliphatic heterocycles. The van der Waals surface area contributed by atoms with Crippen LogP contribution in [0.3, 0.4) is 0 Å². The number of ether oxygens (including phenoxy) is 1. The van der Waals surface area contributed by atoms with E-state index >= 15 is 0 Å². The Kier molecular flexibility index (Phi) is 7.81. The second kappa shape index (κ2) is 11.4. The molecule has 4 aromatic rings. The van der Waals surface area contributed by atoms with Gasteiger partial charge in [-0.2, -0.15) is 0 Å². The van der Waals surface area contributed by atoms with Crippen molar-refractivity contribution in [1.82, 2.24) is 5.32 Å². The Morgan fingerprint density at radius 1 is 0.750 bits per heavy atom. The van der Waals surface area contributed by atoms with Gasteiger partial charge in [-0.05, 0) is 28.3 Å². The van der Waals surface area contributed by atoms with E-state index in [1.807, 2.05) is 115 Å². The van der Waals surface area contributed by atoms with Crippen LogP contribution in [0.4, 0.5) is 0 Å². The number of benzene rings is 4. The largest absolute Gasteiger partial charge is 0.496 e. The topological polar surface area (TPSA) is 81.4 Å². The molecule has 0 bridgehead atoms. The molecule has 182 valence electrons. The maximum atomic E-state index is 13.7. The monoisotopic (exact) mass is 478 g/mol. The molecule has 2 amide bonds. The van der Waals surface area contributed by atoms with Gasteiger partial charge < -0.3 is 15.8 Å². The standard InChI is InChI=1S/C31H30N2O3/c1-36-28-20-12-11-13-23(28)21-27(30(32)35)33-29(34)22-31(24-14-5-2-6-15-24,25-16-7-3-8-17-25)26-18-9-4-10-19-26/h2-20,27H,21-22H2,1H3,(H2,32,35)(H,33,34)/t27-/m0/s1. The van der Waals surface area contributed by atoms with Crippen molar-refractivity contribution >= 4 is 11.8 Å². The van der Waals surface area contributed by atoms with Crippen molar-refractivity contribution in [3.63, 3.8) is 0 Å². The molecule has 0 aliphatic rings. The molecule has 0 saturated carbocycles. The maximum Gasteiger partial charge on any atom is 0.240 e. The van der Waals surface area contributed by atoms with Crippen LogP contribution in [0.25, 0.3) is 0 Å². The summed E-state index contributed by atoms with van der Waals surface area (Å²) in [5.41, 5.74) is 8.71. The van der Waals surface area contributed by atoms with Gasteiger partial charge >= 0.3 is 0 Å². The number of methoxy groups -OCH3 is 1. The van der Waals surface area contributed by atoms with Crippen molar-refractivity contribution in [2.45, 2.75) is 24.3 Å². The van der Waals surface area contributed by atoms with Gasteiger partial charge in [0.25, 0.3) is 0 Å². The predicted molar refractivity (Wildman–Crippen MR) is 142 cm³/mol. The molecule has 4 rings (SSSR count). The Morgan fingerprint density at radius 2 is 1.19 bits per heavy atom. The number of amides is 2. The van der Waals surface area contributed by atoms with E-state index in [1.165, 1.54) is 0 Å². The van der Waals surface area contributed by atoms with Crippen molar-refractivity contribution in [2.24, 2.45) is 5.73 Å². The van der Waals surface area contributed by atoms with Crippen molar-refractivity contribution in [3.05, 3.63) is 138 Å². The first kappa shape index (κ1) is 24.7. The third-order valence-corrected chi connectivity index (χ3v) is 6.52. The molecular weight excluding hydrogens is 448 g/mol. The van der Waals surface area contributed by atoms with Crippen LogP contribution in [0.2, 0.25) is 0 Å². The SMILES string of the molecule is COc1ccccc1C[C@H](NC(=O)CC(c1ccccc1)(c1ccccc1)c1ccccc1)C(N)=O. The van der Waals surface area contributed by atoms with Gasteiger partial charge in [0.15, 0.2) is 0 Å². The quantitative estimate of drug-likeness (QED) is 0.326. The van der Waals surface area contributed by atoms with E-state index in [9.17, 15) is 9.59 Å². The molecular formula is C31H30N2O3. The summed E-state index contributed by atoms with van der Waals surface area (Å²) >= 11 is 0. The smallest absolute Gasteiger partial charge is 0.240 e. The zero-order chi connectivity index (χ0) is 25.4. The molecule has 4 aromatic carbocycles. The number of para-hydroxylation sites is 1. The number of carbonyl (C=O) groups excluding carboxylic acids is 2. The molecule has 0 spiro atoms. The number of carbonyl (C=O) groups is 2. The summed E-state index contributed by atoms with van der Waals surface area (Å²) in [6.07, 6.45) is 0.334. The van der Waals surface area contributed by atoms with E-state index in [-0.39, 0.29) is 18.7 Å². The number of nitrogens with one attached hydrogen (secondary N) is 1. The minimum atomic E-state index is -0.881. The van der Waals surface area contributed by atoms with Crippen LogP contribution in [-0.4, -0.2) is 25.0 Å². The highest BCUT2D eigenvalue weighted by molar-refractivity contribution is 5.88. The maximum absolute atomic E-state index is 13.7. The molecule has 0 fully saturated rings. The van der Waals surface area contributed by atoms with Crippen LogP contribution in [0.15, 0.2) is 115 Å². The summed E-state index contributed by atoms with van der Waals surface area (Å²) in [6.45, 7) is 0. The minimum Gasteiger partial charge on any atom is -0.496 e. The van der Waals surface area contributed by atoms with Crippen molar-refractivity contribution in [2.75, 3.05) is 7.11 Å². The van der Waals surface area contributed by atoms with Crippen LogP contribution in [0, 0.1) is 0 Å². The lowest BCUT2D eigenvalue weighted by atomic mass is 9.67. The van der Waals surface area contributed by atoms with E-state index in [4.69, 9.17) is 10.5 Å². The Balaban J connectivity index is 1.73. The molecule has 36 heavy (non-hydrogen) atoms. The average Bonchev–Trinajstić information content (AvgIpc) is 2.93. The van der Waals surface area contributed by atoms with E-state index in [1.54, 1.807) is 7.11 Å². The lowest BCUT2D eigenvalue weighted by molar-refractivity contribution is -0.127. The Morgan fingerprint density at radius 3 is 1.64 bits per heavy atom. The van der Waals surface area contributed by atoms with Crippen LogP contribution in [-0.2, 0) is 21.4 Å². The highest BCUT2D eigenvalue weighted by Gasteiger charge is 2.39. The van der Waals surface area contributed by atoms with E-state index in [0.29, 0.717) is 5.75 Å². The second-order valence-corrected chi connectivity index (χ2v) is 8.72. The normalized spacial score (nSPS) is 11.9. The summed E-state index contributed by atoms with van der Waals surface area (Å²) in [4.78, 5) is 26.1. The third-order valence-electron chi connectivity index (χ3n) is 6.52. The van der Waals surface area contributed by atoms with Crippen molar-refractivity contribution in [1.29, 1.82) is 0 Å². The molecule has 0 radical (unpaired) electrons. The third kappa shape index (κ3) is 5.31. The fourth-order valence-electron chi connectivity index (χ4n) is 4.77. The van der Waals surface area contributed by atoms with Crippen molar-refractivity contribution in [3.8, 4) is 5.75 Å². The molecule has 5 heteroatoms. The van der Waals surface area contributed by atoms with E-state index in [0.717, 1.165) is 22.3 Å². The van der Waals surface area contributed by atoms with E-state index in [2.05, 4.69) is 5.32 Å². The molecule has 0 heterocycles. The predicted octanol–water partition coefficient (Wildman–Crippen LogP) is 4.63. The van der Waals surface area contributed by atoms with Gasteiger partial charge in [-0.3, -0.25) is 9.59 Å². The van der Waals surface area contributed by atoms with Gasteiger partial charge in [0.05, 0.1) is 12.5 Å². The van der Waals surface area contributed by atoms with Crippen molar-refractivity contribution < 1.29 is 14.3 Å². The minimum absolute atomic E-state index is 0.0980. The number of hydrogen-bond donors (Lipinski definition) is 2. The molecule has 0 unspecified atom stereocenters. The first-order valence-corrected chi connectivity index (χ1v) is 11.9. The van der Waals surface area contributed by atoms with E-state index < -0.39 is 17.4 Å². The van der Waals surface area contributed by atoms with Crippen LogP contribution < -0.4 is 15.8 Å². The van der Waals surface area contributed by atoms with Crippen LogP contribution in [0.1, 0.15) is 28.7 Å². The zero-order valence-corrected chi connectivity index (χ0v) is 20.3. The number of nitrogens with two attached hydrogens (primary N) is 1. The molecule has 1 atom stereocenters. The lowest BCUT2D eigenvalue weighted by Gasteiger charge is -2.36. The van der Waals surface area contributed by atoms with Gasteiger partial charge in [0, 0.05) is 12.8 Å².